The van der Waals surface area contributed by atoms with Crippen molar-refractivity contribution in [1.29, 1.82) is 0 Å². The Hall–Kier alpha value is -0.450. The van der Waals surface area contributed by atoms with Crippen molar-refractivity contribution in [2.24, 2.45) is 0 Å². The van der Waals surface area contributed by atoms with Crippen molar-refractivity contribution in [2.75, 3.05) is 5.75 Å². The number of hydrogen-bond donors (Lipinski definition) is 0. The van der Waals surface area contributed by atoms with Gasteiger partial charge in [-0.1, -0.05) is 17.8 Å². The van der Waals surface area contributed by atoms with Crippen LogP contribution in [0.1, 0.15) is 0 Å². The standard InChI is InChI=1S/C5H3F3OS/c6-5(7,8)3-1-2-10-4(3)9/h1H,2H2. The Bertz CT molecular complexity index is 194. The van der Waals surface area contributed by atoms with Crippen LogP contribution in [0.15, 0.2) is 11.6 Å². The first kappa shape index (κ1) is 7.65. The topological polar surface area (TPSA) is 17.1 Å². The maximum absolute atomic E-state index is 11.7. The van der Waals surface area contributed by atoms with Gasteiger partial charge in [0.05, 0.1) is 0 Å². The van der Waals surface area contributed by atoms with Crippen LogP contribution in [0.4, 0.5) is 13.2 Å². The molecule has 1 nitrogen and oxygen atoms in total. The molecule has 0 spiro atoms. The number of carbonyl (C=O) groups is 1. The molecule has 1 heterocycles. The Labute approximate surface area is 59.3 Å². The average Bonchev–Trinajstić information content (AvgIpc) is 2.11. The van der Waals surface area contributed by atoms with Crippen LogP contribution in [-0.4, -0.2) is 17.0 Å². The Morgan fingerprint density at radius 3 is 2.30 bits per heavy atom. The number of thioether (sulfide) groups is 1. The minimum atomic E-state index is -4.46. The van der Waals surface area contributed by atoms with E-state index in [0.29, 0.717) is 11.8 Å². The van der Waals surface area contributed by atoms with E-state index < -0.39 is 16.9 Å². The molecule has 0 bridgehead atoms. The van der Waals surface area contributed by atoms with Crippen LogP contribution in [0.2, 0.25) is 0 Å². The summed E-state index contributed by atoms with van der Waals surface area (Å²) in [6.45, 7) is 0. The molecule has 0 atom stereocenters. The lowest BCUT2D eigenvalue weighted by Gasteiger charge is -2.03. The molecule has 0 aromatic rings. The van der Waals surface area contributed by atoms with Crippen LogP contribution in [0.3, 0.4) is 0 Å². The monoisotopic (exact) mass is 168 g/mol. The van der Waals surface area contributed by atoms with Gasteiger partial charge in [-0.25, -0.2) is 0 Å². The summed E-state index contributed by atoms with van der Waals surface area (Å²) in [6, 6.07) is 0. The highest BCUT2D eigenvalue weighted by molar-refractivity contribution is 8.14. The molecule has 0 aliphatic carbocycles. The highest BCUT2D eigenvalue weighted by atomic mass is 32.2. The second kappa shape index (κ2) is 2.30. The lowest BCUT2D eigenvalue weighted by Crippen LogP contribution is -2.15. The zero-order valence-electron chi connectivity index (χ0n) is 4.73. The van der Waals surface area contributed by atoms with Gasteiger partial charge in [0.1, 0.15) is 5.57 Å². The second-order valence-electron chi connectivity index (χ2n) is 1.71. The summed E-state index contributed by atoms with van der Waals surface area (Å²) < 4.78 is 35.1. The van der Waals surface area contributed by atoms with Crippen molar-refractivity contribution < 1.29 is 18.0 Å². The van der Waals surface area contributed by atoms with Gasteiger partial charge in [0.2, 0.25) is 5.12 Å². The molecule has 0 fully saturated rings. The quantitative estimate of drug-likeness (QED) is 0.548. The summed E-state index contributed by atoms with van der Waals surface area (Å²) >= 11 is 0.681. The second-order valence-corrected chi connectivity index (χ2v) is 2.71. The molecule has 0 saturated carbocycles. The van der Waals surface area contributed by atoms with Crippen molar-refractivity contribution >= 4 is 16.9 Å². The van der Waals surface area contributed by atoms with Gasteiger partial charge in [0.15, 0.2) is 0 Å². The largest absolute Gasteiger partial charge is 0.420 e. The summed E-state index contributed by atoms with van der Waals surface area (Å²) in [5.41, 5.74) is -1.02. The molecule has 10 heavy (non-hydrogen) atoms. The van der Waals surface area contributed by atoms with E-state index in [2.05, 4.69) is 0 Å². The lowest BCUT2D eigenvalue weighted by molar-refractivity contribution is -0.121. The zero-order valence-corrected chi connectivity index (χ0v) is 5.55. The minimum Gasteiger partial charge on any atom is -0.282 e. The fourth-order valence-electron chi connectivity index (χ4n) is 0.593. The lowest BCUT2D eigenvalue weighted by atomic mass is 10.3. The van der Waals surface area contributed by atoms with Gasteiger partial charge >= 0.3 is 6.18 Å². The summed E-state index contributed by atoms with van der Waals surface area (Å²) in [5.74, 6) is 0.147. The van der Waals surface area contributed by atoms with Gasteiger partial charge in [-0.2, -0.15) is 13.2 Å². The fraction of sp³-hybridized carbons (Fsp3) is 0.400. The predicted molar refractivity (Wildman–Crippen MR) is 31.6 cm³/mol. The third-order valence-electron chi connectivity index (χ3n) is 1.03. The van der Waals surface area contributed by atoms with Crippen molar-refractivity contribution in [2.45, 2.75) is 6.18 Å². The predicted octanol–water partition coefficient (Wildman–Crippen LogP) is 1.75. The Kier molecular flexibility index (Phi) is 1.76. The molecule has 0 aromatic carbocycles. The highest BCUT2D eigenvalue weighted by Crippen LogP contribution is 2.33. The van der Waals surface area contributed by atoms with Crippen molar-refractivity contribution in [1.82, 2.24) is 0 Å². The molecule has 0 amide bonds. The molecule has 5 heteroatoms. The zero-order chi connectivity index (χ0) is 7.78. The van der Waals surface area contributed by atoms with Crippen LogP contribution in [0.5, 0.6) is 0 Å². The first-order valence-corrected chi connectivity index (χ1v) is 3.45. The van der Waals surface area contributed by atoms with E-state index in [0.717, 1.165) is 6.08 Å². The van der Waals surface area contributed by atoms with E-state index >= 15 is 0 Å². The van der Waals surface area contributed by atoms with E-state index in [1.54, 1.807) is 0 Å². The summed E-state index contributed by atoms with van der Waals surface area (Å²) in [5, 5.41) is -0.868. The third kappa shape index (κ3) is 1.34. The Balaban J connectivity index is 2.82. The van der Waals surface area contributed by atoms with Gasteiger partial charge in [-0.3, -0.25) is 4.79 Å². The van der Waals surface area contributed by atoms with Crippen molar-refractivity contribution in [3.8, 4) is 0 Å². The first-order valence-electron chi connectivity index (χ1n) is 2.46. The Morgan fingerprint density at radius 2 is 2.10 bits per heavy atom. The van der Waals surface area contributed by atoms with Gasteiger partial charge in [0.25, 0.3) is 0 Å². The number of halogens is 3. The Morgan fingerprint density at radius 1 is 1.50 bits per heavy atom. The maximum Gasteiger partial charge on any atom is 0.420 e. The van der Waals surface area contributed by atoms with Crippen molar-refractivity contribution in [3.63, 3.8) is 0 Å². The van der Waals surface area contributed by atoms with Crippen LogP contribution < -0.4 is 0 Å². The number of alkyl halides is 3. The molecule has 0 saturated heterocycles. The SMILES string of the molecule is O=C1SCC=C1C(F)(F)F. The van der Waals surface area contributed by atoms with Gasteiger partial charge in [-0.15, -0.1) is 0 Å². The molecule has 0 N–H and O–H groups in total. The molecular weight excluding hydrogens is 165 g/mol. The maximum atomic E-state index is 11.7. The molecular formula is C5H3F3OS. The number of carbonyl (C=O) groups excluding carboxylic acids is 1. The van der Waals surface area contributed by atoms with Gasteiger partial charge in [0, 0.05) is 5.75 Å². The van der Waals surface area contributed by atoms with E-state index in [1.165, 1.54) is 0 Å². The highest BCUT2D eigenvalue weighted by Gasteiger charge is 2.40. The van der Waals surface area contributed by atoms with Crippen molar-refractivity contribution in [3.05, 3.63) is 11.6 Å². The van der Waals surface area contributed by atoms with E-state index in [1.807, 2.05) is 0 Å². The van der Waals surface area contributed by atoms with E-state index in [-0.39, 0.29) is 5.75 Å². The molecule has 1 aliphatic rings. The summed E-state index contributed by atoms with van der Waals surface area (Å²) in [4.78, 5) is 10.4. The molecule has 0 aromatic heterocycles. The van der Waals surface area contributed by atoms with Crippen LogP contribution in [0.25, 0.3) is 0 Å². The van der Waals surface area contributed by atoms with Gasteiger partial charge in [-0.05, 0) is 0 Å². The molecule has 0 unspecified atom stereocenters. The van der Waals surface area contributed by atoms with Crippen LogP contribution >= 0.6 is 11.8 Å². The molecule has 1 aliphatic heterocycles. The summed E-state index contributed by atoms with van der Waals surface area (Å²) in [6.07, 6.45) is -3.55. The summed E-state index contributed by atoms with van der Waals surface area (Å²) in [7, 11) is 0. The van der Waals surface area contributed by atoms with E-state index in [9.17, 15) is 18.0 Å². The molecule has 0 radical (unpaired) electrons. The van der Waals surface area contributed by atoms with Crippen LogP contribution in [-0.2, 0) is 4.79 Å². The number of hydrogen-bond acceptors (Lipinski definition) is 2. The minimum absolute atomic E-state index is 0.147. The van der Waals surface area contributed by atoms with Crippen LogP contribution in [0, 0.1) is 0 Å². The first-order chi connectivity index (χ1) is 4.52. The fourth-order valence-corrected chi connectivity index (χ4v) is 1.35. The molecule has 1 rings (SSSR count). The molecule has 56 valence electrons. The number of rotatable bonds is 0. The smallest absolute Gasteiger partial charge is 0.282 e. The van der Waals surface area contributed by atoms with E-state index in [4.69, 9.17) is 0 Å². The third-order valence-corrected chi connectivity index (χ3v) is 1.84. The average molecular weight is 168 g/mol. The van der Waals surface area contributed by atoms with Gasteiger partial charge < -0.3 is 0 Å². The normalized spacial score (nSPS) is 19.5.